The van der Waals surface area contributed by atoms with Crippen LogP contribution in [0.5, 0.6) is 0 Å². The van der Waals surface area contributed by atoms with E-state index in [9.17, 15) is 8.42 Å². The molecule has 1 aromatic carbocycles. The number of sulfone groups is 1. The molecule has 1 saturated carbocycles. The second-order valence-electron chi connectivity index (χ2n) is 6.46. The minimum Gasteiger partial charge on any atom is -0.309 e. The van der Waals surface area contributed by atoms with Crippen molar-refractivity contribution in [2.75, 3.05) is 12.3 Å². The first kappa shape index (κ1) is 15.0. The molecule has 0 aliphatic heterocycles. The molecule has 2 aliphatic carbocycles. The van der Waals surface area contributed by atoms with E-state index in [0.717, 1.165) is 19.4 Å². The van der Waals surface area contributed by atoms with Gasteiger partial charge >= 0.3 is 0 Å². The Hall–Kier alpha value is -0.870. The van der Waals surface area contributed by atoms with Gasteiger partial charge < -0.3 is 5.32 Å². The van der Waals surface area contributed by atoms with Crippen molar-refractivity contribution in [3.8, 4) is 0 Å². The second-order valence-corrected chi connectivity index (χ2v) is 8.72. The highest BCUT2D eigenvalue weighted by molar-refractivity contribution is 7.92. The van der Waals surface area contributed by atoms with E-state index in [1.54, 1.807) is 0 Å². The molecule has 0 saturated heterocycles. The maximum atomic E-state index is 12.9. The largest absolute Gasteiger partial charge is 0.309 e. The third-order valence-corrected chi connectivity index (χ3v) is 7.31. The van der Waals surface area contributed by atoms with Gasteiger partial charge in [0.05, 0.1) is 11.0 Å². The molecule has 1 fully saturated rings. The Morgan fingerprint density at radius 3 is 2.62 bits per heavy atom. The molecular formula is C17H25NO2S. The van der Waals surface area contributed by atoms with E-state index < -0.39 is 9.84 Å². The SMILES string of the molecule is CCNC1c2ccccc2CC1S(=O)(=O)CC1CCCC1. The van der Waals surface area contributed by atoms with Crippen LogP contribution in [0.25, 0.3) is 0 Å². The highest BCUT2D eigenvalue weighted by Gasteiger charge is 2.41. The molecule has 0 radical (unpaired) electrons. The molecule has 1 N–H and O–H groups in total. The molecule has 3 rings (SSSR count). The van der Waals surface area contributed by atoms with Gasteiger partial charge in [0.25, 0.3) is 0 Å². The minimum absolute atomic E-state index is 0.0300. The fourth-order valence-electron chi connectivity index (χ4n) is 3.98. The Bertz CT molecular complexity index is 591. The van der Waals surface area contributed by atoms with Crippen LogP contribution in [0.15, 0.2) is 24.3 Å². The van der Waals surface area contributed by atoms with Gasteiger partial charge in [0, 0.05) is 6.04 Å². The van der Waals surface area contributed by atoms with Gasteiger partial charge in [-0.2, -0.15) is 0 Å². The third kappa shape index (κ3) is 3.02. The van der Waals surface area contributed by atoms with Gasteiger partial charge in [-0.05, 0) is 42.9 Å². The normalized spacial score (nSPS) is 26.1. The predicted molar refractivity (Wildman–Crippen MR) is 86.1 cm³/mol. The van der Waals surface area contributed by atoms with Gasteiger partial charge in [-0.15, -0.1) is 0 Å². The number of nitrogens with one attached hydrogen (secondary N) is 1. The van der Waals surface area contributed by atoms with E-state index in [-0.39, 0.29) is 11.3 Å². The molecule has 0 amide bonds. The predicted octanol–water partition coefficient (Wildman–Crippen LogP) is 2.87. The fraction of sp³-hybridized carbons (Fsp3) is 0.647. The zero-order valence-electron chi connectivity index (χ0n) is 12.7. The van der Waals surface area contributed by atoms with Gasteiger partial charge in [0.15, 0.2) is 9.84 Å². The molecular weight excluding hydrogens is 282 g/mol. The summed E-state index contributed by atoms with van der Waals surface area (Å²) < 4.78 is 25.8. The van der Waals surface area contributed by atoms with E-state index in [1.165, 1.54) is 24.0 Å². The Labute approximate surface area is 128 Å². The summed E-state index contributed by atoms with van der Waals surface area (Å²) in [5.41, 5.74) is 2.38. The summed E-state index contributed by atoms with van der Waals surface area (Å²) in [6, 6.07) is 8.14. The molecule has 2 aliphatic rings. The molecule has 116 valence electrons. The van der Waals surface area contributed by atoms with Crippen molar-refractivity contribution >= 4 is 9.84 Å². The topological polar surface area (TPSA) is 46.2 Å². The smallest absolute Gasteiger partial charge is 0.155 e. The molecule has 0 spiro atoms. The number of benzene rings is 1. The van der Waals surface area contributed by atoms with Crippen molar-refractivity contribution in [1.82, 2.24) is 5.32 Å². The summed E-state index contributed by atoms with van der Waals surface area (Å²) in [5.74, 6) is 0.772. The van der Waals surface area contributed by atoms with Crippen LogP contribution in [-0.4, -0.2) is 26.0 Å². The first-order valence-electron chi connectivity index (χ1n) is 8.14. The molecule has 1 aromatic rings. The lowest BCUT2D eigenvalue weighted by molar-refractivity contribution is 0.504. The van der Waals surface area contributed by atoms with E-state index in [0.29, 0.717) is 18.1 Å². The van der Waals surface area contributed by atoms with Gasteiger partial charge in [-0.1, -0.05) is 44.0 Å². The lowest BCUT2D eigenvalue weighted by Crippen LogP contribution is -2.37. The van der Waals surface area contributed by atoms with Gasteiger partial charge in [0.2, 0.25) is 0 Å². The second kappa shape index (κ2) is 6.09. The first-order valence-corrected chi connectivity index (χ1v) is 9.86. The summed E-state index contributed by atoms with van der Waals surface area (Å²) in [6.45, 7) is 2.84. The molecule has 3 nitrogen and oxygen atoms in total. The Morgan fingerprint density at radius 2 is 1.90 bits per heavy atom. The van der Waals surface area contributed by atoms with Crippen molar-refractivity contribution in [1.29, 1.82) is 0 Å². The van der Waals surface area contributed by atoms with Crippen molar-refractivity contribution in [2.24, 2.45) is 5.92 Å². The van der Waals surface area contributed by atoms with Crippen molar-refractivity contribution < 1.29 is 8.42 Å². The summed E-state index contributed by atoms with van der Waals surface area (Å²) in [6.07, 6.45) is 5.24. The molecule has 0 heterocycles. The maximum Gasteiger partial charge on any atom is 0.155 e. The minimum atomic E-state index is -3.04. The van der Waals surface area contributed by atoms with Gasteiger partial charge in [0.1, 0.15) is 0 Å². The number of rotatable bonds is 5. The van der Waals surface area contributed by atoms with Crippen LogP contribution in [0.2, 0.25) is 0 Å². The van der Waals surface area contributed by atoms with Crippen LogP contribution in [0, 0.1) is 5.92 Å². The summed E-state index contributed by atoms with van der Waals surface area (Å²) in [7, 11) is -3.04. The fourth-order valence-corrected chi connectivity index (χ4v) is 6.31. The molecule has 2 atom stereocenters. The number of fused-ring (bicyclic) bond motifs is 1. The number of hydrogen-bond donors (Lipinski definition) is 1. The van der Waals surface area contributed by atoms with Crippen LogP contribution in [0.1, 0.15) is 49.8 Å². The first-order chi connectivity index (χ1) is 10.1. The quantitative estimate of drug-likeness (QED) is 0.910. The van der Waals surface area contributed by atoms with E-state index in [2.05, 4.69) is 17.4 Å². The highest BCUT2D eigenvalue weighted by atomic mass is 32.2. The zero-order valence-corrected chi connectivity index (χ0v) is 13.5. The van der Waals surface area contributed by atoms with Crippen LogP contribution in [-0.2, 0) is 16.3 Å². The Balaban J connectivity index is 1.83. The van der Waals surface area contributed by atoms with Crippen molar-refractivity contribution in [2.45, 2.75) is 50.3 Å². The van der Waals surface area contributed by atoms with Crippen molar-refractivity contribution in [3.63, 3.8) is 0 Å². The molecule has 0 aromatic heterocycles. The van der Waals surface area contributed by atoms with Crippen molar-refractivity contribution in [3.05, 3.63) is 35.4 Å². The van der Waals surface area contributed by atoms with E-state index in [1.807, 2.05) is 19.1 Å². The monoisotopic (exact) mass is 307 g/mol. The molecule has 4 heteroatoms. The summed E-state index contributed by atoms with van der Waals surface area (Å²) >= 11 is 0. The van der Waals surface area contributed by atoms with Crippen LogP contribution >= 0.6 is 0 Å². The average Bonchev–Trinajstić information content (AvgIpc) is 3.07. The summed E-state index contributed by atoms with van der Waals surface area (Å²) in [5, 5.41) is 3.12. The molecule has 21 heavy (non-hydrogen) atoms. The van der Waals surface area contributed by atoms with Gasteiger partial charge in [-0.25, -0.2) is 8.42 Å². The van der Waals surface area contributed by atoms with Crippen LogP contribution < -0.4 is 5.32 Å². The molecule has 0 bridgehead atoms. The zero-order chi connectivity index (χ0) is 14.9. The average molecular weight is 307 g/mol. The van der Waals surface area contributed by atoms with E-state index >= 15 is 0 Å². The van der Waals surface area contributed by atoms with Crippen LogP contribution in [0.3, 0.4) is 0 Å². The van der Waals surface area contributed by atoms with E-state index in [4.69, 9.17) is 0 Å². The summed E-state index contributed by atoms with van der Waals surface area (Å²) in [4.78, 5) is 0. The van der Waals surface area contributed by atoms with Crippen LogP contribution in [0.4, 0.5) is 0 Å². The maximum absolute atomic E-state index is 12.9. The third-order valence-electron chi connectivity index (χ3n) is 5.01. The lowest BCUT2D eigenvalue weighted by atomic mass is 10.1. The lowest BCUT2D eigenvalue weighted by Gasteiger charge is -2.23. The van der Waals surface area contributed by atoms with Gasteiger partial charge in [-0.3, -0.25) is 0 Å². The Morgan fingerprint density at radius 1 is 1.19 bits per heavy atom. The molecule has 2 unspecified atom stereocenters. The number of hydrogen-bond acceptors (Lipinski definition) is 3. The highest BCUT2D eigenvalue weighted by Crippen LogP contribution is 2.37. The Kier molecular flexibility index (Phi) is 4.36. The standard InChI is InChI=1S/C17H25NO2S/c1-2-18-17-15-10-6-5-9-14(15)11-16(17)21(19,20)12-13-7-3-4-8-13/h5-6,9-10,13,16-18H,2-4,7-8,11-12H2,1H3.